The van der Waals surface area contributed by atoms with E-state index in [0.717, 1.165) is 53.0 Å². The molecule has 0 saturated carbocycles. The van der Waals surface area contributed by atoms with Gasteiger partial charge >= 0.3 is 0 Å². The average molecular weight is 1070 g/mol. The van der Waals surface area contributed by atoms with Crippen LogP contribution >= 0.6 is 47.2 Å². The second-order valence-electron chi connectivity index (χ2n) is 16.1. The molecular formula is C50H45Cl4N19O. The van der Waals surface area contributed by atoms with Crippen LogP contribution in [0.15, 0.2) is 184 Å². The minimum atomic E-state index is 0. The Labute approximate surface area is 443 Å². The molecule has 10 heterocycles. The van der Waals surface area contributed by atoms with Crippen molar-refractivity contribution in [3.8, 4) is 17.1 Å². The molecule has 12 aromatic rings. The van der Waals surface area contributed by atoms with Crippen molar-refractivity contribution >= 4 is 98.8 Å². The maximum absolute atomic E-state index is 9.65. The van der Waals surface area contributed by atoms with Crippen LogP contribution in [-0.2, 0) is 0 Å². The van der Waals surface area contributed by atoms with E-state index in [-0.39, 0.29) is 35.6 Å². The molecule has 1 saturated heterocycles. The maximum Gasteiger partial charge on any atom is 0.245 e. The lowest BCUT2D eigenvalue weighted by Gasteiger charge is -2.23. The minimum absolute atomic E-state index is 0. The second-order valence-corrected chi connectivity index (χ2v) is 17.2. The Morgan fingerprint density at radius 3 is 1.51 bits per heavy atom. The Morgan fingerprint density at radius 1 is 0.541 bits per heavy atom. The number of aromatic nitrogens is 15. The molecule has 1 atom stereocenters. The molecule has 1 aliphatic rings. The SMILES string of the molecule is Cl.Clc1nc(Cl)c2cccn2n1.Clc1nc(Nc2cn(-c3ccccc3)cn2)c2cccn2n1.Nc1cn(-c2ccccc2)cn1.OC[C@@H]1CCCN1c1nc(Nc2cn(-c3ccccc3)cn2)c2cccn2n1. The van der Waals surface area contributed by atoms with Crippen LogP contribution < -0.4 is 21.3 Å². The fourth-order valence-electron chi connectivity index (χ4n) is 7.88. The van der Waals surface area contributed by atoms with Crippen molar-refractivity contribution in [2.24, 2.45) is 0 Å². The lowest BCUT2D eigenvalue weighted by atomic mass is 10.2. The van der Waals surface area contributed by atoms with Gasteiger partial charge in [-0.25, -0.2) is 33.5 Å². The largest absolute Gasteiger partial charge is 0.394 e. The van der Waals surface area contributed by atoms with Gasteiger partial charge in [0.15, 0.2) is 16.8 Å². The van der Waals surface area contributed by atoms with E-state index in [9.17, 15) is 5.11 Å². The number of nitrogens with two attached hydrogens (primary N) is 1. The van der Waals surface area contributed by atoms with Crippen LogP contribution in [0.4, 0.5) is 35.0 Å². The third-order valence-electron chi connectivity index (χ3n) is 11.3. The average Bonchev–Trinajstić information content (AvgIpc) is 4.27. The number of hydrogen-bond donors (Lipinski definition) is 4. The van der Waals surface area contributed by atoms with Crippen molar-refractivity contribution in [3.63, 3.8) is 0 Å². The number of para-hydroxylation sites is 3. The highest BCUT2D eigenvalue weighted by Gasteiger charge is 2.27. The monoisotopic (exact) mass is 1070 g/mol. The van der Waals surface area contributed by atoms with Crippen molar-refractivity contribution < 1.29 is 5.11 Å². The van der Waals surface area contributed by atoms with Crippen molar-refractivity contribution in [2.75, 3.05) is 34.4 Å². The zero-order valence-electron chi connectivity index (χ0n) is 38.9. The summed E-state index contributed by atoms with van der Waals surface area (Å²) in [6.07, 6.45) is 18.3. The van der Waals surface area contributed by atoms with Crippen LogP contribution in [0, 0.1) is 0 Å². The van der Waals surface area contributed by atoms with E-state index in [0.29, 0.717) is 40.2 Å². The number of halogens is 4. The van der Waals surface area contributed by atoms with E-state index in [2.05, 4.69) is 55.7 Å². The van der Waals surface area contributed by atoms with Crippen LogP contribution in [0.1, 0.15) is 12.8 Å². The van der Waals surface area contributed by atoms with Crippen molar-refractivity contribution in [1.82, 2.24) is 72.4 Å². The topological polar surface area (TPSA) is 218 Å². The molecule has 20 nitrogen and oxygen atoms in total. The summed E-state index contributed by atoms with van der Waals surface area (Å²) in [6.45, 7) is 0.956. The molecule has 5 N–H and O–H groups in total. The van der Waals surface area contributed by atoms with Crippen molar-refractivity contribution in [1.29, 1.82) is 0 Å². The lowest BCUT2D eigenvalue weighted by Crippen LogP contribution is -2.34. The molecule has 0 bridgehead atoms. The van der Waals surface area contributed by atoms with Gasteiger partial charge in [-0.3, -0.25) is 0 Å². The molecule has 1 aliphatic heterocycles. The number of nitrogens with one attached hydrogen (secondary N) is 2. The van der Waals surface area contributed by atoms with Crippen molar-refractivity contribution in [3.05, 3.63) is 199 Å². The molecule has 0 spiro atoms. The van der Waals surface area contributed by atoms with Gasteiger partial charge < -0.3 is 40.1 Å². The quantitative estimate of drug-likeness (QED) is 0.106. The predicted octanol–water partition coefficient (Wildman–Crippen LogP) is 9.84. The molecule has 374 valence electrons. The molecule has 24 heteroatoms. The summed E-state index contributed by atoms with van der Waals surface area (Å²) >= 11 is 17.2. The van der Waals surface area contributed by atoms with E-state index in [1.165, 1.54) is 0 Å². The van der Waals surface area contributed by atoms with E-state index < -0.39 is 0 Å². The van der Waals surface area contributed by atoms with Gasteiger partial charge in [-0.15, -0.1) is 27.7 Å². The van der Waals surface area contributed by atoms with Gasteiger partial charge in [0.2, 0.25) is 16.5 Å². The molecule has 13 rings (SSSR count). The standard InChI is InChI=1S/C20H21N7O.C15H11ClN6.C9H9N3.C6H3Cl2N3.ClH/c28-13-16-8-4-10-26(16)20-23-19(17-9-5-11-27(17)24-20)22-18-12-25(14-21-18)15-6-2-1-3-7-15;16-15-19-14(12-7-4-8-22(12)20-15)18-13-9-21(10-17-13)11-5-2-1-3-6-11;10-9-6-12(7-11-9)8-4-2-1-3-5-8;7-5-4-2-1-3-11(4)10-6(8)9-5;/h1-3,5-7,9,11-12,14,16,28H,4,8,10,13H2,(H,22,23,24);1-10H,(H,18,19,20);1-7H,10H2;1-3H;1H/t16-;;;;/m0..../s1. The summed E-state index contributed by atoms with van der Waals surface area (Å²) in [5, 5.41) is 29.5. The summed E-state index contributed by atoms with van der Waals surface area (Å²) in [5.74, 6) is 3.85. The fraction of sp³-hybridized carbons (Fsp3) is 0.100. The molecular weight excluding hydrogens is 1020 g/mol. The first kappa shape index (κ1) is 50.4. The highest BCUT2D eigenvalue weighted by atomic mass is 35.5. The van der Waals surface area contributed by atoms with Crippen LogP contribution in [0.5, 0.6) is 0 Å². The summed E-state index contributed by atoms with van der Waals surface area (Å²) < 4.78 is 10.8. The number of imidazole rings is 3. The summed E-state index contributed by atoms with van der Waals surface area (Å²) in [7, 11) is 0. The van der Waals surface area contributed by atoms with E-state index in [4.69, 9.17) is 45.5 Å². The van der Waals surface area contributed by atoms with Gasteiger partial charge in [0.1, 0.15) is 53.0 Å². The number of benzene rings is 3. The van der Waals surface area contributed by atoms with Gasteiger partial charge in [0.25, 0.3) is 0 Å². The first-order chi connectivity index (χ1) is 35.7. The Hall–Kier alpha value is -8.53. The Morgan fingerprint density at radius 2 is 1.00 bits per heavy atom. The van der Waals surface area contributed by atoms with E-state index >= 15 is 0 Å². The minimum Gasteiger partial charge on any atom is -0.394 e. The fourth-order valence-corrected chi connectivity index (χ4v) is 8.48. The number of nitrogens with zero attached hydrogens (tertiary/aromatic N) is 16. The van der Waals surface area contributed by atoms with Gasteiger partial charge in [-0.05, 0) is 109 Å². The van der Waals surface area contributed by atoms with Gasteiger partial charge in [0, 0.05) is 42.2 Å². The van der Waals surface area contributed by atoms with Crippen LogP contribution in [0.3, 0.4) is 0 Å². The first-order valence-corrected chi connectivity index (χ1v) is 23.9. The van der Waals surface area contributed by atoms with Gasteiger partial charge in [-0.1, -0.05) is 66.2 Å². The maximum atomic E-state index is 9.65. The zero-order chi connectivity index (χ0) is 50.1. The smallest absolute Gasteiger partial charge is 0.245 e. The zero-order valence-corrected chi connectivity index (χ0v) is 42.0. The summed E-state index contributed by atoms with van der Waals surface area (Å²) in [6, 6.07) is 41.4. The molecule has 0 amide bonds. The lowest BCUT2D eigenvalue weighted by molar-refractivity contribution is 0.265. The van der Waals surface area contributed by atoms with Gasteiger partial charge in [-0.2, -0.15) is 9.97 Å². The number of rotatable bonds is 9. The normalized spacial score (nSPS) is 12.8. The molecule has 0 unspecified atom stereocenters. The predicted molar refractivity (Wildman–Crippen MR) is 290 cm³/mol. The highest BCUT2D eigenvalue weighted by molar-refractivity contribution is 6.34. The highest BCUT2D eigenvalue weighted by Crippen LogP contribution is 2.27. The molecule has 1 fully saturated rings. The summed E-state index contributed by atoms with van der Waals surface area (Å²) in [5.41, 5.74) is 11.1. The Kier molecular flexibility index (Phi) is 15.9. The number of aliphatic hydroxyl groups excluding tert-OH is 1. The molecule has 0 radical (unpaired) electrons. The second kappa shape index (κ2) is 23.3. The van der Waals surface area contributed by atoms with Crippen molar-refractivity contribution in [2.45, 2.75) is 18.9 Å². The third kappa shape index (κ3) is 11.9. The molecule has 74 heavy (non-hydrogen) atoms. The van der Waals surface area contributed by atoms with Crippen LogP contribution in [0.25, 0.3) is 33.6 Å². The third-order valence-corrected chi connectivity index (χ3v) is 11.9. The number of anilines is 6. The first-order valence-electron chi connectivity index (χ1n) is 22.7. The molecule has 3 aromatic carbocycles. The van der Waals surface area contributed by atoms with E-state index in [1.807, 2.05) is 170 Å². The Balaban J connectivity index is 0.000000129. The van der Waals surface area contributed by atoms with Gasteiger partial charge in [0.05, 0.1) is 31.2 Å². The number of hydrogen-bond acceptors (Lipinski definition) is 14. The van der Waals surface area contributed by atoms with Crippen LogP contribution in [-0.4, -0.2) is 96.7 Å². The Bertz CT molecular complexity index is 3710. The number of fused-ring (bicyclic) bond motifs is 3. The number of nitrogen functional groups attached to an aromatic ring is 1. The molecule has 0 aliphatic carbocycles. The molecule has 9 aromatic heterocycles. The number of aliphatic hydroxyl groups is 1. The van der Waals surface area contributed by atoms with E-state index in [1.54, 1.807) is 40.4 Å². The summed E-state index contributed by atoms with van der Waals surface area (Å²) in [4.78, 5) is 27.6. The van der Waals surface area contributed by atoms with Crippen LogP contribution in [0.2, 0.25) is 15.7 Å².